The summed E-state index contributed by atoms with van der Waals surface area (Å²) in [6.07, 6.45) is 0. The van der Waals surface area contributed by atoms with E-state index in [1.807, 2.05) is 44.2 Å². The van der Waals surface area contributed by atoms with Crippen LogP contribution in [0.15, 0.2) is 35.5 Å². The van der Waals surface area contributed by atoms with Crippen molar-refractivity contribution in [2.45, 2.75) is 38.9 Å². The fraction of sp³-hybridized carbons (Fsp3) is 0.400. The van der Waals surface area contributed by atoms with Crippen LogP contribution in [0.1, 0.15) is 36.8 Å². The molecule has 0 aliphatic carbocycles. The fourth-order valence-corrected chi connectivity index (χ4v) is 3.63. The Kier molecular flexibility index (Phi) is 6.18. The van der Waals surface area contributed by atoms with Crippen molar-refractivity contribution < 1.29 is 9.53 Å². The topological polar surface area (TPSA) is 81.4 Å². The number of carbonyl (C=O) groups excluding carboxylic acids is 1. The van der Waals surface area contributed by atoms with Gasteiger partial charge in [0, 0.05) is 11.4 Å². The van der Waals surface area contributed by atoms with E-state index in [2.05, 4.69) is 34.2 Å². The van der Waals surface area contributed by atoms with Crippen LogP contribution in [0.5, 0.6) is 5.75 Å². The molecule has 0 aliphatic rings. The van der Waals surface area contributed by atoms with Crippen molar-refractivity contribution in [2.24, 2.45) is 5.92 Å². The lowest BCUT2D eigenvalue weighted by molar-refractivity contribution is -0.119. The van der Waals surface area contributed by atoms with Crippen LogP contribution in [0.2, 0.25) is 0 Å². The van der Waals surface area contributed by atoms with Crippen LogP contribution in [-0.4, -0.2) is 38.4 Å². The Bertz CT molecular complexity index is 969. The summed E-state index contributed by atoms with van der Waals surface area (Å²) >= 11 is 1.31. The quantitative estimate of drug-likeness (QED) is 0.614. The van der Waals surface area contributed by atoms with Crippen LogP contribution in [-0.2, 0) is 4.79 Å². The summed E-state index contributed by atoms with van der Waals surface area (Å²) < 4.78 is 6.90. The lowest BCUT2D eigenvalue weighted by Gasteiger charge is -2.23. The number of carbonyl (C=O) groups is 1. The van der Waals surface area contributed by atoms with E-state index in [4.69, 9.17) is 4.74 Å². The molecule has 1 aromatic carbocycles. The van der Waals surface area contributed by atoms with Crippen molar-refractivity contribution in [1.82, 2.24) is 24.9 Å². The van der Waals surface area contributed by atoms with Gasteiger partial charge >= 0.3 is 0 Å². The van der Waals surface area contributed by atoms with Gasteiger partial charge in [0.2, 0.25) is 11.1 Å². The summed E-state index contributed by atoms with van der Waals surface area (Å²) in [5.74, 6) is 1.79. The summed E-state index contributed by atoms with van der Waals surface area (Å²) in [6.45, 7) is 8.05. The highest BCUT2D eigenvalue weighted by Crippen LogP contribution is 2.24. The third kappa shape index (κ3) is 4.62. The highest BCUT2D eigenvalue weighted by atomic mass is 32.2. The molecule has 1 amide bonds. The number of nitrogens with zero attached hydrogens (tertiary/aromatic N) is 4. The maximum Gasteiger partial charge on any atom is 0.253 e. The summed E-state index contributed by atoms with van der Waals surface area (Å²) in [6, 6.07) is 9.66. The second-order valence-electron chi connectivity index (χ2n) is 7.00. The van der Waals surface area contributed by atoms with E-state index in [9.17, 15) is 4.79 Å². The van der Waals surface area contributed by atoms with Crippen molar-refractivity contribution in [3.8, 4) is 5.75 Å². The first-order chi connectivity index (χ1) is 13.4. The number of aromatic nitrogens is 4. The fourth-order valence-electron chi connectivity index (χ4n) is 3.00. The summed E-state index contributed by atoms with van der Waals surface area (Å²) in [5.41, 5.74) is 2.91. The number of rotatable bonds is 7. The van der Waals surface area contributed by atoms with E-state index in [0.29, 0.717) is 10.9 Å². The van der Waals surface area contributed by atoms with Gasteiger partial charge in [-0.25, -0.2) is 9.50 Å². The van der Waals surface area contributed by atoms with E-state index in [-0.39, 0.29) is 23.6 Å². The van der Waals surface area contributed by atoms with E-state index in [1.165, 1.54) is 11.8 Å². The van der Waals surface area contributed by atoms with Gasteiger partial charge in [-0.05, 0) is 43.5 Å². The van der Waals surface area contributed by atoms with Crippen LogP contribution in [0.25, 0.3) is 5.78 Å². The van der Waals surface area contributed by atoms with Crippen LogP contribution in [0.4, 0.5) is 0 Å². The maximum atomic E-state index is 12.5. The largest absolute Gasteiger partial charge is 0.497 e. The number of ether oxygens (including phenoxy) is 1. The Balaban J connectivity index is 1.65. The number of amides is 1. The zero-order chi connectivity index (χ0) is 20.3. The van der Waals surface area contributed by atoms with Crippen molar-refractivity contribution in [3.63, 3.8) is 0 Å². The molecule has 0 saturated carbocycles. The Morgan fingerprint density at radius 3 is 2.57 bits per heavy atom. The van der Waals surface area contributed by atoms with Gasteiger partial charge in [-0.3, -0.25) is 4.79 Å². The summed E-state index contributed by atoms with van der Waals surface area (Å²) in [4.78, 5) is 21.3. The second-order valence-corrected chi connectivity index (χ2v) is 7.94. The lowest BCUT2D eigenvalue weighted by atomic mass is 9.96. The number of methoxy groups -OCH3 is 1. The molecule has 148 valence electrons. The zero-order valence-corrected chi connectivity index (χ0v) is 17.6. The highest BCUT2D eigenvalue weighted by molar-refractivity contribution is 7.99. The van der Waals surface area contributed by atoms with Gasteiger partial charge < -0.3 is 10.1 Å². The Morgan fingerprint density at radius 1 is 1.21 bits per heavy atom. The first kappa shape index (κ1) is 20.1. The monoisotopic (exact) mass is 399 g/mol. The van der Waals surface area contributed by atoms with Crippen LogP contribution in [0.3, 0.4) is 0 Å². The summed E-state index contributed by atoms with van der Waals surface area (Å²) in [7, 11) is 1.64. The zero-order valence-electron chi connectivity index (χ0n) is 16.8. The molecule has 0 spiro atoms. The van der Waals surface area contributed by atoms with E-state index in [0.717, 1.165) is 22.7 Å². The first-order valence-electron chi connectivity index (χ1n) is 9.14. The minimum Gasteiger partial charge on any atom is -0.497 e. The smallest absolute Gasteiger partial charge is 0.253 e. The number of nitrogens with one attached hydrogen (secondary N) is 1. The van der Waals surface area contributed by atoms with E-state index in [1.54, 1.807) is 11.6 Å². The summed E-state index contributed by atoms with van der Waals surface area (Å²) in [5, 5.41) is 8.09. The molecular formula is C20H25N5O2S. The van der Waals surface area contributed by atoms with Gasteiger partial charge in [-0.1, -0.05) is 37.7 Å². The normalized spacial score (nSPS) is 12.4. The molecule has 1 atom stereocenters. The Hall–Kier alpha value is -2.61. The van der Waals surface area contributed by atoms with Gasteiger partial charge in [0.1, 0.15) is 5.75 Å². The molecule has 0 aliphatic heterocycles. The molecule has 0 fully saturated rings. The average Bonchev–Trinajstić information content (AvgIpc) is 3.07. The van der Waals surface area contributed by atoms with Crippen molar-refractivity contribution in [2.75, 3.05) is 12.9 Å². The molecule has 28 heavy (non-hydrogen) atoms. The van der Waals surface area contributed by atoms with Gasteiger partial charge in [0.25, 0.3) is 5.78 Å². The molecular weight excluding hydrogens is 374 g/mol. The molecule has 1 unspecified atom stereocenters. The highest BCUT2D eigenvalue weighted by Gasteiger charge is 2.19. The number of hydrogen-bond donors (Lipinski definition) is 1. The molecule has 0 bridgehead atoms. The van der Waals surface area contributed by atoms with Gasteiger partial charge in [0.05, 0.1) is 18.9 Å². The Morgan fingerprint density at radius 2 is 1.93 bits per heavy atom. The van der Waals surface area contributed by atoms with Crippen molar-refractivity contribution in [3.05, 3.63) is 47.3 Å². The van der Waals surface area contributed by atoms with E-state index >= 15 is 0 Å². The molecule has 2 heterocycles. The third-order valence-electron chi connectivity index (χ3n) is 4.39. The standard InChI is InChI=1S/C20H25N5O2S/c1-12(2)18(15-6-8-16(27-5)9-7-15)22-17(26)11-28-20-23-19-21-13(3)10-14(4)25(19)24-20/h6-10,12,18H,11H2,1-5H3,(H,22,26). The maximum absolute atomic E-state index is 12.5. The van der Waals surface area contributed by atoms with Crippen molar-refractivity contribution in [1.29, 1.82) is 0 Å². The van der Waals surface area contributed by atoms with Crippen LogP contribution in [0, 0.1) is 19.8 Å². The molecule has 1 N–H and O–H groups in total. The van der Waals surface area contributed by atoms with Crippen molar-refractivity contribution >= 4 is 23.4 Å². The first-order valence-corrected chi connectivity index (χ1v) is 10.1. The molecule has 0 radical (unpaired) electrons. The van der Waals surface area contributed by atoms with Gasteiger partial charge in [-0.2, -0.15) is 4.98 Å². The number of thioether (sulfide) groups is 1. The molecule has 3 rings (SSSR count). The number of benzene rings is 1. The predicted octanol–water partition coefficient (Wildman–Crippen LogP) is 3.36. The predicted molar refractivity (Wildman–Crippen MR) is 110 cm³/mol. The number of hydrogen-bond acceptors (Lipinski definition) is 6. The van der Waals surface area contributed by atoms with Crippen LogP contribution >= 0.6 is 11.8 Å². The van der Waals surface area contributed by atoms with Crippen LogP contribution < -0.4 is 10.1 Å². The minimum absolute atomic E-state index is 0.0563. The molecule has 3 aromatic rings. The van der Waals surface area contributed by atoms with E-state index < -0.39 is 0 Å². The molecule has 8 heteroatoms. The lowest BCUT2D eigenvalue weighted by Crippen LogP contribution is -2.33. The second kappa shape index (κ2) is 8.60. The third-order valence-corrected chi connectivity index (χ3v) is 5.23. The minimum atomic E-state index is -0.0698. The average molecular weight is 400 g/mol. The number of aryl methyl sites for hydroxylation is 2. The van der Waals surface area contributed by atoms with Gasteiger partial charge in [0.15, 0.2) is 0 Å². The molecule has 7 nitrogen and oxygen atoms in total. The van der Waals surface area contributed by atoms with Gasteiger partial charge in [-0.15, -0.1) is 5.10 Å². The number of fused-ring (bicyclic) bond motifs is 1. The molecule has 2 aromatic heterocycles. The molecule has 0 saturated heterocycles. The Labute approximate surface area is 168 Å². The SMILES string of the molecule is COc1ccc(C(NC(=O)CSc2nc3nc(C)cc(C)n3n2)C(C)C)cc1.